The summed E-state index contributed by atoms with van der Waals surface area (Å²) in [5.74, 6) is 2.36. The van der Waals surface area contributed by atoms with E-state index in [1.54, 1.807) is 0 Å². The molecule has 28 heavy (non-hydrogen) atoms. The molecule has 2 fully saturated rings. The van der Waals surface area contributed by atoms with Gasteiger partial charge >= 0.3 is 0 Å². The summed E-state index contributed by atoms with van der Waals surface area (Å²) in [7, 11) is 0. The van der Waals surface area contributed by atoms with Crippen LogP contribution in [0.3, 0.4) is 0 Å². The van der Waals surface area contributed by atoms with E-state index in [1.807, 2.05) is 19.3 Å². The Bertz CT molecular complexity index is 1010. The average molecular weight is 416 g/mol. The molecular weight excluding hydrogens is 394 g/mol. The van der Waals surface area contributed by atoms with Crippen molar-refractivity contribution in [1.82, 2.24) is 30.2 Å². The van der Waals surface area contributed by atoms with Crippen molar-refractivity contribution in [2.45, 2.75) is 42.8 Å². The number of aromatic nitrogens is 5. The Morgan fingerprint density at radius 1 is 1.25 bits per heavy atom. The number of nitrogens with zero attached hydrogens (tertiary/aromatic N) is 5. The summed E-state index contributed by atoms with van der Waals surface area (Å²) in [4.78, 5) is 24.9. The van der Waals surface area contributed by atoms with Crippen LogP contribution < -0.4 is 10.2 Å². The standard InChI is InChI=1S/C19H22ClN7S/c1-3-13-16(20)15-17(24-13)25-19(28-12-6-22-10(2)23-7-12)26-18(15)27-8-11-4-5-21-14(11)9-27/h6-7,11,14,21H,3-5,8-9H2,1-2H3,(H,24,25,26). The molecule has 2 aliphatic rings. The average Bonchev–Trinajstić information content (AvgIpc) is 3.36. The molecule has 3 aromatic heterocycles. The third-order valence-electron chi connectivity index (χ3n) is 5.61. The van der Waals surface area contributed by atoms with Gasteiger partial charge in [0.05, 0.1) is 15.3 Å². The van der Waals surface area contributed by atoms with Gasteiger partial charge in [-0.1, -0.05) is 18.5 Å². The van der Waals surface area contributed by atoms with E-state index in [-0.39, 0.29) is 0 Å². The van der Waals surface area contributed by atoms with Gasteiger partial charge in [0.15, 0.2) is 5.16 Å². The lowest BCUT2D eigenvalue weighted by molar-refractivity contribution is 0.556. The summed E-state index contributed by atoms with van der Waals surface area (Å²) in [5.41, 5.74) is 1.80. The smallest absolute Gasteiger partial charge is 0.196 e. The molecule has 2 atom stereocenters. The first kappa shape index (κ1) is 18.1. The van der Waals surface area contributed by atoms with Gasteiger partial charge in [0.1, 0.15) is 17.3 Å². The maximum absolute atomic E-state index is 6.71. The Morgan fingerprint density at radius 2 is 2.07 bits per heavy atom. The molecule has 5 heterocycles. The first-order valence-corrected chi connectivity index (χ1v) is 10.8. The number of hydrogen-bond donors (Lipinski definition) is 2. The predicted molar refractivity (Wildman–Crippen MR) is 111 cm³/mol. The second kappa shape index (κ2) is 7.17. The molecule has 0 bridgehead atoms. The van der Waals surface area contributed by atoms with Crippen LogP contribution in [0.1, 0.15) is 24.9 Å². The summed E-state index contributed by atoms with van der Waals surface area (Å²) in [6, 6.07) is 0.537. The fraction of sp³-hybridized carbons (Fsp3) is 0.474. The van der Waals surface area contributed by atoms with Gasteiger partial charge < -0.3 is 15.2 Å². The quantitative estimate of drug-likeness (QED) is 0.633. The monoisotopic (exact) mass is 415 g/mol. The number of aryl methyl sites for hydroxylation is 2. The van der Waals surface area contributed by atoms with E-state index in [2.05, 4.69) is 32.1 Å². The van der Waals surface area contributed by atoms with Crippen molar-refractivity contribution in [3.63, 3.8) is 0 Å². The molecule has 2 N–H and O–H groups in total. The van der Waals surface area contributed by atoms with Crippen LogP contribution in [0.2, 0.25) is 5.02 Å². The van der Waals surface area contributed by atoms with E-state index in [0.717, 1.165) is 64.3 Å². The number of rotatable bonds is 4. The number of aromatic amines is 1. The fourth-order valence-corrected chi connectivity index (χ4v) is 5.19. The zero-order valence-corrected chi connectivity index (χ0v) is 17.4. The molecule has 0 aromatic carbocycles. The molecule has 3 aromatic rings. The van der Waals surface area contributed by atoms with E-state index in [1.165, 1.54) is 18.2 Å². The Morgan fingerprint density at radius 3 is 2.82 bits per heavy atom. The van der Waals surface area contributed by atoms with Crippen LogP contribution in [0.25, 0.3) is 11.0 Å². The minimum Gasteiger partial charge on any atom is -0.354 e. The second-order valence-electron chi connectivity index (χ2n) is 7.41. The Labute approximate surface area is 172 Å². The third kappa shape index (κ3) is 3.13. The van der Waals surface area contributed by atoms with E-state index in [9.17, 15) is 0 Å². The highest BCUT2D eigenvalue weighted by Crippen LogP contribution is 2.39. The summed E-state index contributed by atoms with van der Waals surface area (Å²) < 4.78 is 0. The summed E-state index contributed by atoms with van der Waals surface area (Å²) in [6.45, 7) is 7.04. The van der Waals surface area contributed by atoms with E-state index >= 15 is 0 Å². The van der Waals surface area contributed by atoms with Gasteiger partial charge in [-0.15, -0.1) is 0 Å². The molecule has 7 nitrogen and oxygen atoms in total. The highest BCUT2D eigenvalue weighted by molar-refractivity contribution is 7.99. The van der Waals surface area contributed by atoms with Crippen molar-refractivity contribution < 1.29 is 0 Å². The minimum absolute atomic E-state index is 0.537. The van der Waals surface area contributed by atoms with Gasteiger partial charge in [0.2, 0.25) is 0 Å². The van der Waals surface area contributed by atoms with Crippen LogP contribution in [0, 0.1) is 12.8 Å². The second-order valence-corrected chi connectivity index (χ2v) is 8.83. The maximum Gasteiger partial charge on any atom is 0.196 e. The Balaban J connectivity index is 1.57. The van der Waals surface area contributed by atoms with Crippen molar-refractivity contribution in [3.05, 3.63) is 28.9 Å². The Kier molecular flexibility index (Phi) is 4.65. The number of anilines is 1. The maximum atomic E-state index is 6.71. The topological polar surface area (TPSA) is 82.6 Å². The number of nitrogens with one attached hydrogen (secondary N) is 2. The zero-order valence-electron chi connectivity index (χ0n) is 15.9. The molecule has 0 amide bonds. The molecule has 5 rings (SSSR count). The van der Waals surface area contributed by atoms with Crippen molar-refractivity contribution in [1.29, 1.82) is 0 Å². The van der Waals surface area contributed by atoms with Gasteiger partial charge in [-0.25, -0.2) is 19.9 Å². The van der Waals surface area contributed by atoms with Gasteiger partial charge in [0.25, 0.3) is 0 Å². The number of fused-ring (bicyclic) bond motifs is 2. The molecule has 0 spiro atoms. The lowest BCUT2D eigenvalue weighted by Gasteiger charge is -2.20. The minimum atomic E-state index is 0.537. The lowest BCUT2D eigenvalue weighted by atomic mass is 10.1. The number of halogens is 1. The molecule has 2 saturated heterocycles. The lowest BCUT2D eigenvalue weighted by Crippen LogP contribution is -2.30. The van der Waals surface area contributed by atoms with Crippen LogP contribution >= 0.6 is 23.4 Å². The fourth-order valence-electron chi connectivity index (χ4n) is 4.15. The largest absolute Gasteiger partial charge is 0.354 e. The van der Waals surface area contributed by atoms with Crippen LogP contribution in [0.15, 0.2) is 22.4 Å². The Hall–Kier alpha value is -1.90. The van der Waals surface area contributed by atoms with Crippen molar-refractivity contribution in [2.75, 3.05) is 24.5 Å². The van der Waals surface area contributed by atoms with Crippen molar-refractivity contribution in [3.8, 4) is 0 Å². The molecule has 146 valence electrons. The number of H-pyrrole nitrogens is 1. The molecule has 2 unspecified atom stereocenters. The van der Waals surface area contributed by atoms with Gasteiger partial charge in [-0.05, 0) is 44.0 Å². The molecular formula is C19H22ClN7S. The van der Waals surface area contributed by atoms with E-state index in [4.69, 9.17) is 21.6 Å². The van der Waals surface area contributed by atoms with Gasteiger partial charge in [-0.2, -0.15) is 0 Å². The molecule has 0 radical (unpaired) electrons. The molecule has 2 aliphatic heterocycles. The zero-order chi connectivity index (χ0) is 19.3. The van der Waals surface area contributed by atoms with Gasteiger partial charge in [-0.3, -0.25) is 0 Å². The van der Waals surface area contributed by atoms with Crippen LogP contribution in [-0.4, -0.2) is 50.6 Å². The molecule has 0 aliphatic carbocycles. The van der Waals surface area contributed by atoms with E-state index < -0.39 is 0 Å². The molecule has 9 heteroatoms. The summed E-state index contributed by atoms with van der Waals surface area (Å²) >= 11 is 8.19. The number of hydrogen-bond acceptors (Lipinski definition) is 7. The van der Waals surface area contributed by atoms with Crippen molar-refractivity contribution in [2.24, 2.45) is 5.92 Å². The van der Waals surface area contributed by atoms with Gasteiger partial charge in [0, 0.05) is 37.2 Å². The van der Waals surface area contributed by atoms with E-state index in [0.29, 0.717) is 17.1 Å². The SMILES string of the molecule is CCc1[nH]c2nc(Sc3cnc(C)nc3)nc(N3CC4CCNC4C3)c2c1Cl. The van der Waals surface area contributed by atoms with Crippen LogP contribution in [0.5, 0.6) is 0 Å². The first-order valence-electron chi connectivity index (χ1n) is 9.65. The van der Waals surface area contributed by atoms with Crippen LogP contribution in [-0.2, 0) is 6.42 Å². The summed E-state index contributed by atoms with van der Waals surface area (Å²) in [5, 5.41) is 5.97. The third-order valence-corrected chi connectivity index (χ3v) is 6.83. The normalized spacial score (nSPS) is 21.6. The highest BCUT2D eigenvalue weighted by atomic mass is 35.5. The van der Waals surface area contributed by atoms with Crippen LogP contribution in [0.4, 0.5) is 5.82 Å². The predicted octanol–water partition coefficient (Wildman–Crippen LogP) is 3.22. The summed E-state index contributed by atoms with van der Waals surface area (Å²) in [6.07, 6.45) is 5.67. The highest BCUT2D eigenvalue weighted by Gasteiger charge is 2.37. The van der Waals surface area contributed by atoms with Crippen molar-refractivity contribution >= 4 is 40.2 Å². The molecule has 0 saturated carbocycles. The first-order chi connectivity index (χ1) is 13.6.